The van der Waals surface area contributed by atoms with Crippen molar-refractivity contribution in [2.75, 3.05) is 31.6 Å². The molecule has 0 aromatic rings. The molecule has 2 nitrogen and oxygen atoms in total. The molecule has 1 heterocycles. The molecule has 2 rings (SSSR count). The zero-order valence-electron chi connectivity index (χ0n) is 9.42. The highest BCUT2D eigenvalue weighted by Gasteiger charge is 2.36. The smallest absolute Gasteiger partial charge is 0.0471 e. The van der Waals surface area contributed by atoms with E-state index < -0.39 is 0 Å². The molecule has 1 atom stereocenters. The predicted molar refractivity (Wildman–Crippen MR) is 66.3 cm³/mol. The number of halogens is 1. The zero-order chi connectivity index (χ0) is 10.7. The monoisotopic (exact) mass is 275 g/mol. The Kier molecular flexibility index (Phi) is 4.08. The number of aliphatic hydroxyl groups excluding tert-OH is 1. The molecule has 1 N–H and O–H groups in total. The molecule has 1 aliphatic carbocycles. The van der Waals surface area contributed by atoms with Crippen LogP contribution in [0.2, 0.25) is 0 Å². The topological polar surface area (TPSA) is 23.5 Å². The van der Waals surface area contributed by atoms with Gasteiger partial charge in [-0.1, -0.05) is 28.8 Å². The average Bonchev–Trinajstić information content (AvgIpc) is 2.88. The molecule has 0 bridgehead atoms. The number of likely N-dealkylation sites (tertiary alicyclic amines) is 1. The Bertz CT molecular complexity index is 204. The Morgan fingerprint density at radius 1 is 1.33 bits per heavy atom. The predicted octanol–water partition coefficient (Wildman–Crippen LogP) is 2.26. The molecule has 2 fully saturated rings. The van der Waals surface area contributed by atoms with E-state index in [0.717, 1.165) is 11.9 Å². The summed E-state index contributed by atoms with van der Waals surface area (Å²) in [6.45, 7) is 3.93. The fourth-order valence-electron chi connectivity index (χ4n) is 3.14. The molecule has 0 amide bonds. The van der Waals surface area contributed by atoms with Gasteiger partial charge in [0.2, 0.25) is 0 Å². The third kappa shape index (κ3) is 2.75. The van der Waals surface area contributed by atoms with Gasteiger partial charge in [-0.05, 0) is 37.1 Å². The molecule has 3 heteroatoms. The first-order chi connectivity index (χ1) is 7.28. The highest BCUT2D eigenvalue weighted by molar-refractivity contribution is 9.09. The Morgan fingerprint density at radius 3 is 2.60 bits per heavy atom. The van der Waals surface area contributed by atoms with Gasteiger partial charge < -0.3 is 10.0 Å². The van der Waals surface area contributed by atoms with E-state index in [-0.39, 0.29) is 0 Å². The van der Waals surface area contributed by atoms with Crippen molar-refractivity contribution in [2.45, 2.75) is 32.1 Å². The molecule has 88 valence electrons. The number of alkyl halides is 1. The van der Waals surface area contributed by atoms with Crippen molar-refractivity contribution < 1.29 is 5.11 Å². The standard InChI is InChI=1S/C12H22BrNO/c13-9-12(4-1-2-5-12)10-14-6-3-11(7-14)8-15/h11,15H,1-10H2. The number of hydrogen-bond acceptors (Lipinski definition) is 2. The van der Waals surface area contributed by atoms with E-state index in [2.05, 4.69) is 20.8 Å². The largest absolute Gasteiger partial charge is 0.396 e. The second-order valence-corrected chi connectivity index (χ2v) is 5.97. The molecule has 0 aromatic carbocycles. The van der Waals surface area contributed by atoms with E-state index in [1.165, 1.54) is 45.2 Å². The Balaban J connectivity index is 1.85. The molecule has 1 saturated heterocycles. The zero-order valence-corrected chi connectivity index (χ0v) is 11.0. The van der Waals surface area contributed by atoms with Gasteiger partial charge in [0.05, 0.1) is 0 Å². The first kappa shape index (κ1) is 11.9. The van der Waals surface area contributed by atoms with E-state index in [1.54, 1.807) is 0 Å². The maximum absolute atomic E-state index is 9.13. The second-order valence-electron chi connectivity index (χ2n) is 5.41. The van der Waals surface area contributed by atoms with Crippen LogP contribution in [0.25, 0.3) is 0 Å². The molecule has 1 aliphatic heterocycles. The summed E-state index contributed by atoms with van der Waals surface area (Å²) in [4.78, 5) is 2.56. The summed E-state index contributed by atoms with van der Waals surface area (Å²) in [5.41, 5.74) is 0.546. The number of hydrogen-bond donors (Lipinski definition) is 1. The fraction of sp³-hybridized carbons (Fsp3) is 1.00. The molecule has 15 heavy (non-hydrogen) atoms. The third-order valence-electron chi connectivity index (χ3n) is 4.13. The van der Waals surface area contributed by atoms with E-state index in [1.807, 2.05) is 0 Å². The summed E-state index contributed by atoms with van der Waals surface area (Å²) in [5, 5.41) is 10.3. The first-order valence-electron chi connectivity index (χ1n) is 6.17. The van der Waals surface area contributed by atoms with E-state index in [9.17, 15) is 0 Å². The fourth-order valence-corrected chi connectivity index (χ4v) is 3.88. The van der Waals surface area contributed by atoms with Crippen molar-refractivity contribution >= 4 is 15.9 Å². The summed E-state index contributed by atoms with van der Waals surface area (Å²) in [6.07, 6.45) is 6.78. The molecule has 1 unspecified atom stereocenters. The van der Waals surface area contributed by atoms with Gasteiger partial charge in [0.1, 0.15) is 0 Å². The maximum Gasteiger partial charge on any atom is 0.0471 e. The SMILES string of the molecule is OCC1CCN(CC2(CBr)CCCC2)C1. The Hall–Kier alpha value is 0.400. The van der Waals surface area contributed by atoms with Crippen LogP contribution in [0.15, 0.2) is 0 Å². The first-order valence-corrected chi connectivity index (χ1v) is 7.29. The lowest BCUT2D eigenvalue weighted by Gasteiger charge is -2.31. The van der Waals surface area contributed by atoms with Gasteiger partial charge >= 0.3 is 0 Å². The van der Waals surface area contributed by atoms with Crippen LogP contribution < -0.4 is 0 Å². The van der Waals surface area contributed by atoms with Crippen molar-refractivity contribution in [1.29, 1.82) is 0 Å². The maximum atomic E-state index is 9.13. The normalized spacial score (nSPS) is 31.2. The van der Waals surface area contributed by atoms with Crippen molar-refractivity contribution in [3.05, 3.63) is 0 Å². The molecular weight excluding hydrogens is 254 g/mol. The number of nitrogens with zero attached hydrogens (tertiary/aromatic N) is 1. The van der Waals surface area contributed by atoms with E-state index >= 15 is 0 Å². The number of rotatable bonds is 4. The van der Waals surface area contributed by atoms with Crippen LogP contribution >= 0.6 is 15.9 Å². The van der Waals surface area contributed by atoms with Crippen molar-refractivity contribution in [3.63, 3.8) is 0 Å². The second kappa shape index (κ2) is 5.15. The lowest BCUT2D eigenvalue weighted by Crippen LogP contribution is -2.36. The van der Waals surface area contributed by atoms with Gasteiger partial charge in [0.15, 0.2) is 0 Å². The van der Waals surface area contributed by atoms with Gasteiger partial charge in [-0.3, -0.25) is 0 Å². The number of aliphatic hydroxyl groups is 1. The summed E-state index contributed by atoms with van der Waals surface area (Å²) >= 11 is 3.70. The van der Waals surface area contributed by atoms with E-state index in [4.69, 9.17) is 5.11 Å². The van der Waals surface area contributed by atoms with Crippen molar-refractivity contribution in [3.8, 4) is 0 Å². The molecule has 1 saturated carbocycles. The van der Waals surface area contributed by atoms with Crippen LogP contribution in [0.3, 0.4) is 0 Å². The highest BCUT2D eigenvalue weighted by atomic mass is 79.9. The molecular formula is C12H22BrNO. The summed E-state index contributed by atoms with van der Waals surface area (Å²) < 4.78 is 0. The quantitative estimate of drug-likeness (QED) is 0.796. The van der Waals surface area contributed by atoms with Gasteiger partial charge in [0.25, 0.3) is 0 Å². The summed E-state index contributed by atoms with van der Waals surface area (Å²) in [7, 11) is 0. The van der Waals surface area contributed by atoms with Crippen LogP contribution in [-0.2, 0) is 0 Å². The molecule has 0 spiro atoms. The minimum atomic E-state index is 0.373. The highest BCUT2D eigenvalue weighted by Crippen LogP contribution is 2.41. The summed E-state index contributed by atoms with van der Waals surface area (Å²) in [5.74, 6) is 0.541. The van der Waals surface area contributed by atoms with Crippen LogP contribution in [0.4, 0.5) is 0 Å². The van der Waals surface area contributed by atoms with Crippen LogP contribution in [0.1, 0.15) is 32.1 Å². The van der Waals surface area contributed by atoms with Crippen LogP contribution in [-0.4, -0.2) is 41.6 Å². The van der Waals surface area contributed by atoms with Gasteiger partial charge in [-0.25, -0.2) is 0 Å². The van der Waals surface area contributed by atoms with Gasteiger partial charge in [-0.2, -0.15) is 0 Å². The minimum Gasteiger partial charge on any atom is -0.396 e. The Labute approximate surface area is 101 Å². The van der Waals surface area contributed by atoms with Crippen LogP contribution in [0, 0.1) is 11.3 Å². The molecule has 0 aromatic heterocycles. The summed E-state index contributed by atoms with van der Waals surface area (Å²) in [6, 6.07) is 0. The Morgan fingerprint density at radius 2 is 2.07 bits per heavy atom. The van der Waals surface area contributed by atoms with Gasteiger partial charge in [0, 0.05) is 25.0 Å². The third-order valence-corrected chi connectivity index (χ3v) is 5.32. The van der Waals surface area contributed by atoms with Crippen molar-refractivity contribution in [1.82, 2.24) is 4.90 Å². The van der Waals surface area contributed by atoms with E-state index in [0.29, 0.717) is 17.9 Å². The average molecular weight is 276 g/mol. The van der Waals surface area contributed by atoms with Gasteiger partial charge in [-0.15, -0.1) is 0 Å². The lowest BCUT2D eigenvalue weighted by atomic mass is 9.88. The van der Waals surface area contributed by atoms with Crippen LogP contribution in [0.5, 0.6) is 0 Å². The lowest BCUT2D eigenvalue weighted by molar-refractivity contribution is 0.180. The molecule has 2 aliphatic rings. The minimum absolute atomic E-state index is 0.373. The van der Waals surface area contributed by atoms with Crippen molar-refractivity contribution in [2.24, 2.45) is 11.3 Å². The molecule has 0 radical (unpaired) electrons.